The molecule has 4 rings (SSSR count). The van der Waals surface area contributed by atoms with E-state index in [9.17, 15) is 9.90 Å². The lowest BCUT2D eigenvalue weighted by Crippen LogP contribution is -2.33. The monoisotopic (exact) mass is 339 g/mol. The van der Waals surface area contributed by atoms with Gasteiger partial charge in [-0.2, -0.15) is 5.10 Å². The van der Waals surface area contributed by atoms with Crippen molar-refractivity contribution in [2.45, 2.75) is 51.6 Å². The Morgan fingerprint density at radius 2 is 2.00 bits per heavy atom. The number of aliphatic hydroxyl groups is 1. The number of carbonyl (C=O) groups excluding carboxylic acids is 1. The number of aliphatic hydroxyl groups excluding tert-OH is 1. The second-order valence-corrected chi connectivity index (χ2v) is 7.20. The smallest absolute Gasteiger partial charge is 0.274 e. The van der Waals surface area contributed by atoms with Gasteiger partial charge in [-0.15, -0.1) is 0 Å². The Bertz CT molecular complexity index is 796. The summed E-state index contributed by atoms with van der Waals surface area (Å²) in [6, 6.07) is 8.19. The van der Waals surface area contributed by atoms with Crippen molar-refractivity contribution in [3.8, 4) is 5.69 Å². The predicted molar refractivity (Wildman–Crippen MR) is 96.1 cm³/mol. The van der Waals surface area contributed by atoms with Crippen LogP contribution in [-0.2, 0) is 12.8 Å². The summed E-state index contributed by atoms with van der Waals surface area (Å²) in [5.74, 6) is 0.0274. The van der Waals surface area contributed by atoms with Crippen molar-refractivity contribution in [1.82, 2.24) is 14.7 Å². The molecule has 1 aliphatic heterocycles. The third-order valence-corrected chi connectivity index (χ3v) is 5.46. The lowest BCUT2D eigenvalue weighted by Gasteiger charge is -2.19. The zero-order valence-electron chi connectivity index (χ0n) is 14.7. The quantitative estimate of drug-likeness (QED) is 0.915. The van der Waals surface area contributed by atoms with Crippen LogP contribution in [0, 0.1) is 6.92 Å². The average Bonchev–Trinajstić information content (AvgIpc) is 3.14. The van der Waals surface area contributed by atoms with E-state index in [1.54, 1.807) is 0 Å². The number of hydrogen-bond donors (Lipinski definition) is 1. The summed E-state index contributed by atoms with van der Waals surface area (Å²) in [5, 5.41) is 14.6. The maximum atomic E-state index is 13.1. The van der Waals surface area contributed by atoms with Gasteiger partial charge in [-0.3, -0.25) is 4.79 Å². The minimum atomic E-state index is -0.284. The van der Waals surface area contributed by atoms with Crippen LogP contribution in [0.1, 0.15) is 53.0 Å². The molecule has 2 aromatic rings. The first-order valence-corrected chi connectivity index (χ1v) is 9.29. The molecule has 1 aromatic carbocycles. The topological polar surface area (TPSA) is 58.4 Å². The van der Waals surface area contributed by atoms with Gasteiger partial charge in [0.1, 0.15) is 0 Å². The van der Waals surface area contributed by atoms with Crippen molar-refractivity contribution < 1.29 is 9.90 Å². The Kier molecular flexibility index (Phi) is 4.34. The SMILES string of the molecule is Cc1ccccc1-n1nc(C(=O)N2CCC[C@@H](O)CC2)c2c1CCC2. The lowest BCUT2D eigenvalue weighted by atomic mass is 10.1. The third kappa shape index (κ3) is 2.97. The van der Waals surface area contributed by atoms with E-state index in [0.717, 1.165) is 48.9 Å². The summed E-state index contributed by atoms with van der Waals surface area (Å²) in [6.45, 7) is 3.41. The number of likely N-dealkylation sites (tertiary alicyclic amines) is 1. The summed E-state index contributed by atoms with van der Waals surface area (Å²) < 4.78 is 1.98. The van der Waals surface area contributed by atoms with Crippen molar-refractivity contribution in [3.63, 3.8) is 0 Å². The van der Waals surface area contributed by atoms with Gasteiger partial charge in [0.05, 0.1) is 11.8 Å². The van der Waals surface area contributed by atoms with Crippen molar-refractivity contribution in [1.29, 1.82) is 0 Å². The average molecular weight is 339 g/mol. The Morgan fingerprint density at radius 3 is 2.84 bits per heavy atom. The number of carbonyl (C=O) groups is 1. The van der Waals surface area contributed by atoms with E-state index < -0.39 is 0 Å². The molecule has 1 N–H and O–H groups in total. The standard InChI is InChI=1S/C20H25N3O2/c1-14-6-2-3-9-17(14)23-18-10-4-8-16(18)19(21-23)20(25)22-12-5-7-15(24)11-13-22/h2-3,6,9,15,24H,4-5,7-8,10-13H2,1H3/t15-/m1/s1. The molecule has 0 radical (unpaired) electrons. The van der Waals surface area contributed by atoms with Crippen LogP contribution in [0.25, 0.3) is 5.69 Å². The Balaban J connectivity index is 1.70. The summed E-state index contributed by atoms with van der Waals surface area (Å²) in [4.78, 5) is 15.0. The molecule has 5 heteroatoms. The second-order valence-electron chi connectivity index (χ2n) is 7.20. The van der Waals surface area contributed by atoms with Crippen LogP contribution in [-0.4, -0.2) is 44.9 Å². The number of nitrogens with zero attached hydrogens (tertiary/aromatic N) is 3. The minimum absolute atomic E-state index is 0.0274. The molecule has 1 amide bonds. The molecule has 132 valence electrons. The number of hydrogen-bond acceptors (Lipinski definition) is 3. The molecule has 1 saturated heterocycles. The first-order valence-electron chi connectivity index (χ1n) is 9.29. The number of aryl methyl sites for hydroxylation is 1. The Morgan fingerprint density at radius 1 is 1.16 bits per heavy atom. The molecular weight excluding hydrogens is 314 g/mol. The molecule has 0 saturated carbocycles. The molecular formula is C20H25N3O2. The van der Waals surface area contributed by atoms with Crippen LogP contribution in [0.5, 0.6) is 0 Å². The van der Waals surface area contributed by atoms with Crippen molar-refractivity contribution in [2.75, 3.05) is 13.1 Å². The van der Waals surface area contributed by atoms with Gasteiger partial charge in [0.15, 0.2) is 5.69 Å². The first-order chi connectivity index (χ1) is 12.1. The number of fused-ring (bicyclic) bond motifs is 1. The van der Waals surface area contributed by atoms with Gasteiger partial charge >= 0.3 is 0 Å². The van der Waals surface area contributed by atoms with Gasteiger partial charge in [0.25, 0.3) is 5.91 Å². The van der Waals surface area contributed by atoms with Crippen LogP contribution in [0.15, 0.2) is 24.3 Å². The summed E-state index contributed by atoms with van der Waals surface area (Å²) in [5.41, 5.74) is 5.15. The highest BCUT2D eigenvalue weighted by atomic mass is 16.3. The highest BCUT2D eigenvalue weighted by Gasteiger charge is 2.30. The van der Waals surface area contributed by atoms with Gasteiger partial charge in [-0.1, -0.05) is 18.2 Å². The van der Waals surface area contributed by atoms with Crippen LogP contribution < -0.4 is 0 Å². The van der Waals surface area contributed by atoms with Crippen molar-refractivity contribution >= 4 is 5.91 Å². The lowest BCUT2D eigenvalue weighted by molar-refractivity contribution is 0.0745. The maximum absolute atomic E-state index is 13.1. The van der Waals surface area contributed by atoms with E-state index in [-0.39, 0.29) is 12.0 Å². The first kappa shape index (κ1) is 16.3. The summed E-state index contributed by atoms with van der Waals surface area (Å²) in [7, 11) is 0. The zero-order chi connectivity index (χ0) is 17.4. The highest BCUT2D eigenvalue weighted by molar-refractivity contribution is 5.94. The van der Waals surface area contributed by atoms with Crippen LogP contribution in [0.2, 0.25) is 0 Å². The molecule has 1 fully saturated rings. The minimum Gasteiger partial charge on any atom is -0.393 e. The molecule has 2 aliphatic rings. The van der Waals surface area contributed by atoms with Crippen molar-refractivity contribution in [3.05, 3.63) is 46.8 Å². The van der Waals surface area contributed by atoms with E-state index in [2.05, 4.69) is 19.1 Å². The van der Waals surface area contributed by atoms with E-state index in [4.69, 9.17) is 5.10 Å². The van der Waals surface area contributed by atoms with Crippen LogP contribution >= 0.6 is 0 Å². The second kappa shape index (κ2) is 6.64. The van der Waals surface area contributed by atoms with E-state index in [1.807, 2.05) is 21.7 Å². The molecule has 1 aromatic heterocycles. The predicted octanol–water partition coefficient (Wildman–Crippen LogP) is 2.66. The molecule has 0 unspecified atom stereocenters. The summed E-state index contributed by atoms with van der Waals surface area (Å²) in [6.07, 6.45) is 4.99. The Labute approximate surface area is 148 Å². The maximum Gasteiger partial charge on any atom is 0.274 e. The zero-order valence-corrected chi connectivity index (χ0v) is 14.7. The van der Waals surface area contributed by atoms with Crippen LogP contribution in [0.4, 0.5) is 0 Å². The molecule has 0 spiro atoms. The van der Waals surface area contributed by atoms with E-state index in [0.29, 0.717) is 25.2 Å². The largest absolute Gasteiger partial charge is 0.393 e. The number of para-hydroxylation sites is 1. The molecule has 2 heterocycles. The normalized spacial score (nSPS) is 20.4. The number of rotatable bonds is 2. The van der Waals surface area contributed by atoms with Gasteiger partial charge < -0.3 is 10.0 Å². The fourth-order valence-electron chi connectivity index (χ4n) is 4.04. The number of benzene rings is 1. The third-order valence-electron chi connectivity index (χ3n) is 5.46. The van der Waals surface area contributed by atoms with Crippen molar-refractivity contribution in [2.24, 2.45) is 0 Å². The fourth-order valence-corrected chi connectivity index (χ4v) is 4.04. The fraction of sp³-hybridized carbons (Fsp3) is 0.500. The van der Waals surface area contributed by atoms with E-state index in [1.165, 1.54) is 5.69 Å². The molecule has 1 aliphatic carbocycles. The Hall–Kier alpha value is -2.14. The van der Waals surface area contributed by atoms with Gasteiger partial charge in [-0.05, 0) is 57.1 Å². The molecule has 1 atom stereocenters. The van der Waals surface area contributed by atoms with Gasteiger partial charge in [0, 0.05) is 24.3 Å². The van der Waals surface area contributed by atoms with Gasteiger partial charge in [-0.25, -0.2) is 4.68 Å². The molecule has 0 bridgehead atoms. The molecule has 25 heavy (non-hydrogen) atoms. The van der Waals surface area contributed by atoms with Gasteiger partial charge in [0.2, 0.25) is 0 Å². The number of amides is 1. The molecule has 5 nitrogen and oxygen atoms in total. The highest BCUT2D eigenvalue weighted by Crippen LogP contribution is 2.30. The number of aromatic nitrogens is 2. The summed E-state index contributed by atoms with van der Waals surface area (Å²) >= 11 is 0. The van der Waals surface area contributed by atoms with E-state index >= 15 is 0 Å². The van der Waals surface area contributed by atoms with Crippen LogP contribution in [0.3, 0.4) is 0 Å².